The van der Waals surface area contributed by atoms with Gasteiger partial charge in [0.2, 0.25) is 0 Å². The fraction of sp³-hybridized carbons (Fsp3) is 0.640. The number of carboxylic acid groups (broad SMARTS) is 1. The number of aryl methyl sites for hydroxylation is 1. The van der Waals surface area contributed by atoms with Crippen LogP contribution in [0.3, 0.4) is 0 Å². The van der Waals surface area contributed by atoms with Crippen molar-refractivity contribution in [2.45, 2.75) is 96.1 Å². The van der Waals surface area contributed by atoms with E-state index in [1.807, 2.05) is 18.2 Å². The first-order valence-corrected chi connectivity index (χ1v) is 12.5. The number of carbonyl (C=O) groups is 1. The van der Waals surface area contributed by atoms with Crippen LogP contribution in [0, 0.1) is 17.2 Å². The molecule has 0 fully saturated rings. The third-order valence-electron chi connectivity index (χ3n) is 5.76. The molecule has 0 saturated heterocycles. The number of thioether (sulfide) groups is 1. The minimum absolute atomic E-state index is 0.606. The lowest BCUT2D eigenvalue weighted by Crippen LogP contribution is -2.34. The molecule has 0 spiro atoms. The Morgan fingerprint density at radius 1 is 1.10 bits per heavy atom. The van der Waals surface area contributed by atoms with Crippen molar-refractivity contribution in [3.63, 3.8) is 0 Å². The van der Waals surface area contributed by atoms with Gasteiger partial charge in [0.1, 0.15) is 4.75 Å². The number of unbranched alkanes of at least 4 members (excludes halogenated alkanes) is 9. The molecule has 0 heterocycles. The largest absolute Gasteiger partial charge is 0.481 e. The summed E-state index contributed by atoms with van der Waals surface area (Å²) in [6.45, 7) is 5.48. The molecule has 0 radical (unpaired) electrons. The summed E-state index contributed by atoms with van der Waals surface area (Å²) in [5.74, 6) is -1.78. The zero-order valence-electron chi connectivity index (χ0n) is 18.8. The van der Waals surface area contributed by atoms with Crippen LogP contribution in [0.15, 0.2) is 24.3 Å². The topological polar surface area (TPSA) is 61.1 Å². The molecule has 1 N–H and O–H groups in total. The van der Waals surface area contributed by atoms with Crippen molar-refractivity contribution in [1.29, 1.82) is 5.26 Å². The number of benzene rings is 1. The molecular formula is C25H37NO2S2. The van der Waals surface area contributed by atoms with E-state index in [4.69, 9.17) is 12.2 Å². The van der Waals surface area contributed by atoms with Gasteiger partial charge in [0.05, 0.1) is 16.2 Å². The summed E-state index contributed by atoms with van der Waals surface area (Å²) < 4.78 is -0.484. The van der Waals surface area contributed by atoms with Gasteiger partial charge in [-0.2, -0.15) is 5.26 Å². The third-order valence-corrected chi connectivity index (χ3v) is 7.50. The fourth-order valence-electron chi connectivity index (χ4n) is 3.43. The highest BCUT2D eigenvalue weighted by Crippen LogP contribution is 2.36. The Kier molecular flexibility index (Phi) is 13.0. The van der Waals surface area contributed by atoms with Crippen LogP contribution in [0.1, 0.15) is 96.1 Å². The highest BCUT2D eigenvalue weighted by Gasteiger charge is 2.38. The van der Waals surface area contributed by atoms with Crippen LogP contribution in [-0.2, 0) is 11.2 Å². The van der Waals surface area contributed by atoms with Crippen LogP contribution in [0.4, 0.5) is 0 Å². The van der Waals surface area contributed by atoms with E-state index in [2.05, 4.69) is 19.1 Å². The van der Waals surface area contributed by atoms with Gasteiger partial charge in [0.15, 0.2) is 0 Å². The van der Waals surface area contributed by atoms with Crippen LogP contribution in [0.5, 0.6) is 0 Å². The van der Waals surface area contributed by atoms with Gasteiger partial charge in [-0.25, -0.2) is 0 Å². The number of carboxylic acids is 1. The normalized spacial score (nSPS) is 13.9. The van der Waals surface area contributed by atoms with E-state index in [0.717, 1.165) is 18.4 Å². The Labute approximate surface area is 192 Å². The van der Waals surface area contributed by atoms with Crippen LogP contribution in [0.25, 0.3) is 0 Å². The third kappa shape index (κ3) is 9.18. The Balaban J connectivity index is 2.51. The fourth-order valence-corrected chi connectivity index (χ4v) is 5.17. The van der Waals surface area contributed by atoms with Crippen LogP contribution in [-0.4, -0.2) is 20.0 Å². The zero-order chi connectivity index (χ0) is 22.4. The summed E-state index contributed by atoms with van der Waals surface area (Å²) in [7, 11) is 0. The molecule has 0 bridgehead atoms. The van der Waals surface area contributed by atoms with Gasteiger partial charge < -0.3 is 5.11 Å². The molecule has 0 aromatic heterocycles. The minimum Gasteiger partial charge on any atom is -0.481 e. The lowest BCUT2D eigenvalue weighted by atomic mass is 9.97. The van der Waals surface area contributed by atoms with Gasteiger partial charge in [0, 0.05) is 5.56 Å². The number of hydrogen-bond acceptors (Lipinski definition) is 4. The molecule has 5 heteroatoms. The van der Waals surface area contributed by atoms with E-state index in [1.165, 1.54) is 75.1 Å². The Morgan fingerprint density at radius 2 is 1.63 bits per heavy atom. The number of nitrogens with zero attached hydrogens (tertiary/aromatic N) is 1. The molecule has 2 unspecified atom stereocenters. The average Bonchev–Trinajstić information content (AvgIpc) is 2.74. The molecule has 1 aromatic carbocycles. The average molecular weight is 448 g/mol. The maximum Gasteiger partial charge on any atom is 0.308 e. The quantitative estimate of drug-likeness (QED) is 0.222. The second kappa shape index (κ2) is 14.6. The van der Waals surface area contributed by atoms with E-state index < -0.39 is 16.6 Å². The molecule has 0 aliphatic rings. The first kappa shape index (κ1) is 26.7. The van der Waals surface area contributed by atoms with Crippen molar-refractivity contribution in [1.82, 2.24) is 0 Å². The van der Waals surface area contributed by atoms with Gasteiger partial charge >= 0.3 is 5.97 Å². The van der Waals surface area contributed by atoms with Crippen molar-refractivity contribution < 1.29 is 9.90 Å². The Hall–Kier alpha value is -1.38. The number of nitriles is 1. The van der Waals surface area contributed by atoms with Gasteiger partial charge in [0.25, 0.3) is 0 Å². The SMILES string of the molecule is CCCCCCCCCCCCc1ccccc1C(=S)SC(C)(C#N)C(C)C(=O)O. The summed E-state index contributed by atoms with van der Waals surface area (Å²) in [4.78, 5) is 11.4. The minimum atomic E-state index is -1.09. The predicted octanol–water partition coefficient (Wildman–Crippen LogP) is 7.56. The van der Waals surface area contributed by atoms with E-state index in [-0.39, 0.29) is 0 Å². The summed E-state index contributed by atoms with van der Waals surface area (Å²) in [5, 5.41) is 18.9. The van der Waals surface area contributed by atoms with Gasteiger partial charge in [-0.05, 0) is 32.3 Å². The zero-order valence-corrected chi connectivity index (χ0v) is 20.4. The van der Waals surface area contributed by atoms with Crippen molar-refractivity contribution in [2.24, 2.45) is 5.92 Å². The molecule has 3 nitrogen and oxygen atoms in total. The number of hydrogen-bond donors (Lipinski definition) is 1. The highest BCUT2D eigenvalue weighted by atomic mass is 32.2. The second-order valence-electron chi connectivity index (χ2n) is 8.26. The monoisotopic (exact) mass is 447 g/mol. The summed E-state index contributed by atoms with van der Waals surface area (Å²) >= 11 is 6.83. The molecule has 0 amide bonds. The van der Waals surface area contributed by atoms with Crippen molar-refractivity contribution >= 4 is 34.1 Å². The second-order valence-corrected chi connectivity index (χ2v) is 10.4. The van der Waals surface area contributed by atoms with Crippen LogP contribution < -0.4 is 0 Å². The summed E-state index contributed by atoms with van der Waals surface area (Å²) in [6.07, 6.45) is 14.0. The molecule has 30 heavy (non-hydrogen) atoms. The molecule has 1 rings (SSSR count). The maximum absolute atomic E-state index is 11.4. The number of aliphatic carboxylic acids is 1. The lowest BCUT2D eigenvalue weighted by molar-refractivity contribution is -0.141. The van der Waals surface area contributed by atoms with Gasteiger partial charge in [-0.3, -0.25) is 4.79 Å². The molecule has 0 saturated carbocycles. The van der Waals surface area contributed by atoms with Crippen molar-refractivity contribution in [3.8, 4) is 6.07 Å². The summed E-state index contributed by atoms with van der Waals surface area (Å²) in [6, 6.07) is 10.2. The maximum atomic E-state index is 11.4. The lowest BCUT2D eigenvalue weighted by Gasteiger charge is -2.25. The first-order valence-electron chi connectivity index (χ1n) is 11.3. The van der Waals surface area contributed by atoms with Gasteiger partial charge in [-0.1, -0.05) is 113 Å². The van der Waals surface area contributed by atoms with E-state index in [9.17, 15) is 15.2 Å². The number of rotatable bonds is 15. The Morgan fingerprint density at radius 3 is 2.17 bits per heavy atom. The molecular weight excluding hydrogens is 410 g/mol. The van der Waals surface area contributed by atoms with E-state index in [1.54, 1.807) is 13.8 Å². The summed E-state index contributed by atoms with van der Waals surface area (Å²) in [5.41, 5.74) is 2.16. The van der Waals surface area contributed by atoms with Crippen molar-refractivity contribution in [3.05, 3.63) is 35.4 Å². The molecule has 2 atom stereocenters. The Bertz CT molecular complexity index is 713. The smallest absolute Gasteiger partial charge is 0.308 e. The first-order chi connectivity index (χ1) is 14.4. The number of thiocarbonyl (C=S) groups is 1. The van der Waals surface area contributed by atoms with E-state index in [0.29, 0.717) is 4.20 Å². The van der Waals surface area contributed by atoms with E-state index >= 15 is 0 Å². The standard InChI is InChI=1S/C25H37NO2S2/c1-4-5-6-7-8-9-10-11-12-13-16-21-17-14-15-18-22(21)24(29)30-25(3,19-26)20(2)23(27)28/h14-15,17-18,20H,4-13,16H2,1-3H3,(H,27,28). The molecule has 166 valence electrons. The molecule has 0 aliphatic carbocycles. The van der Waals surface area contributed by atoms with Crippen molar-refractivity contribution in [2.75, 3.05) is 0 Å². The van der Waals surface area contributed by atoms with Crippen LogP contribution >= 0.6 is 24.0 Å². The molecule has 0 aliphatic heterocycles. The van der Waals surface area contributed by atoms with Crippen LogP contribution in [0.2, 0.25) is 0 Å². The molecule has 1 aromatic rings. The predicted molar refractivity (Wildman–Crippen MR) is 132 cm³/mol. The van der Waals surface area contributed by atoms with Gasteiger partial charge in [-0.15, -0.1) is 0 Å². The highest BCUT2D eigenvalue weighted by molar-refractivity contribution is 8.24.